The van der Waals surface area contributed by atoms with Crippen LogP contribution in [0.4, 0.5) is 0 Å². The van der Waals surface area contributed by atoms with Crippen molar-refractivity contribution in [2.75, 3.05) is 5.75 Å². The van der Waals surface area contributed by atoms with Crippen molar-refractivity contribution < 1.29 is 13.2 Å². The van der Waals surface area contributed by atoms with Crippen LogP contribution in [0, 0.1) is 0 Å². The van der Waals surface area contributed by atoms with Crippen LogP contribution in [0.3, 0.4) is 0 Å². The minimum atomic E-state index is -3.78. The van der Waals surface area contributed by atoms with Gasteiger partial charge in [0.15, 0.2) is 15.6 Å². The summed E-state index contributed by atoms with van der Waals surface area (Å²) in [5, 5.41) is 0.388. The van der Waals surface area contributed by atoms with Gasteiger partial charge in [0, 0.05) is 10.0 Å². The number of rotatable bonds is 4. The van der Waals surface area contributed by atoms with E-state index < -0.39 is 21.4 Å². The molecule has 0 N–H and O–H groups in total. The van der Waals surface area contributed by atoms with E-state index >= 15 is 0 Å². The van der Waals surface area contributed by atoms with Crippen LogP contribution in [0.25, 0.3) is 0 Å². The summed E-state index contributed by atoms with van der Waals surface area (Å²) in [6.07, 6.45) is 0. The molecule has 0 bridgehead atoms. The SMILES string of the molecule is O=C(CS(=O)(=O)c1ccc(Cl)c(Cl)c1)c1ccccc1Br. The predicted molar refractivity (Wildman–Crippen MR) is 87.0 cm³/mol. The summed E-state index contributed by atoms with van der Waals surface area (Å²) >= 11 is 14.8. The van der Waals surface area contributed by atoms with E-state index in [-0.39, 0.29) is 14.9 Å². The number of carbonyl (C=O) groups is 1. The van der Waals surface area contributed by atoms with Crippen LogP contribution in [-0.4, -0.2) is 20.0 Å². The van der Waals surface area contributed by atoms with Gasteiger partial charge < -0.3 is 0 Å². The van der Waals surface area contributed by atoms with E-state index in [1.807, 2.05) is 0 Å². The smallest absolute Gasteiger partial charge is 0.185 e. The predicted octanol–water partition coefficient (Wildman–Crippen LogP) is 4.41. The molecule has 0 atom stereocenters. The van der Waals surface area contributed by atoms with Gasteiger partial charge >= 0.3 is 0 Å². The van der Waals surface area contributed by atoms with Crippen molar-refractivity contribution in [2.45, 2.75) is 4.90 Å². The number of halogens is 3. The monoisotopic (exact) mass is 406 g/mol. The molecule has 0 aromatic heterocycles. The summed E-state index contributed by atoms with van der Waals surface area (Å²) in [6.45, 7) is 0. The molecule has 21 heavy (non-hydrogen) atoms. The normalized spacial score (nSPS) is 11.4. The zero-order valence-corrected chi connectivity index (χ0v) is 14.4. The number of carbonyl (C=O) groups excluding carboxylic acids is 1. The molecule has 0 amide bonds. The summed E-state index contributed by atoms with van der Waals surface area (Å²) in [5.41, 5.74) is 0.320. The molecule has 2 aromatic carbocycles. The highest BCUT2D eigenvalue weighted by molar-refractivity contribution is 9.10. The molecule has 3 nitrogen and oxygen atoms in total. The third kappa shape index (κ3) is 3.86. The van der Waals surface area contributed by atoms with Crippen molar-refractivity contribution >= 4 is 54.8 Å². The molecule has 2 aromatic rings. The van der Waals surface area contributed by atoms with Gasteiger partial charge in [-0.3, -0.25) is 4.79 Å². The second-order valence-corrected chi connectivity index (χ2v) is 7.90. The minimum absolute atomic E-state index is 0.0303. The molecule has 0 radical (unpaired) electrons. The Kier molecular flexibility index (Phi) is 5.09. The van der Waals surface area contributed by atoms with Crippen molar-refractivity contribution in [1.82, 2.24) is 0 Å². The highest BCUT2D eigenvalue weighted by Crippen LogP contribution is 2.26. The largest absolute Gasteiger partial charge is 0.293 e. The maximum absolute atomic E-state index is 12.3. The van der Waals surface area contributed by atoms with Crippen molar-refractivity contribution in [2.24, 2.45) is 0 Å². The molecule has 0 aliphatic rings. The lowest BCUT2D eigenvalue weighted by Gasteiger charge is -2.06. The first-order valence-electron chi connectivity index (χ1n) is 5.77. The van der Waals surface area contributed by atoms with E-state index in [4.69, 9.17) is 23.2 Å². The third-order valence-corrected chi connectivity index (χ3v) is 5.79. The summed E-state index contributed by atoms with van der Waals surface area (Å²) in [6, 6.07) is 10.6. The highest BCUT2D eigenvalue weighted by atomic mass is 79.9. The van der Waals surface area contributed by atoms with Crippen LogP contribution in [0.1, 0.15) is 10.4 Å². The first kappa shape index (κ1) is 16.5. The average Bonchev–Trinajstić information content (AvgIpc) is 2.41. The maximum atomic E-state index is 12.3. The summed E-state index contributed by atoms with van der Waals surface area (Å²) in [4.78, 5) is 12.1. The fourth-order valence-corrected chi connectivity index (χ4v) is 3.80. The Hall–Kier alpha value is -0.880. The van der Waals surface area contributed by atoms with E-state index in [1.54, 1.807) is 24.3 Å². The van der Waals surface area contributed by atoms with Gasteiger partial charge in [0.1, 0.15) is 5.75 Å². The number of hydrogen-bond acceptors (Lipinski definition) is 3. The Morgan fingerprint density at radius 3 is 2.33 bits per heavy atom. The molecule has 2 rings (SSSR count). The Morgan fingerprint density at radius 1 is 1.05 bits per heavy atom. The molecule has 0 saturated carbocycles. The lowest BCUT2D eigenvalue weighted by molar-refractivity contribution is 0.102. The average molecular weight is 408 g/mol. The molecule has 0 aliphatic heterocycles. The number of Topliss-reactive ketones (excluding diaryl/α,β-unsaturated/α-hetero) is 1. The lowest BCUT2D eigenvalue weighted by Crippen LogP contribution is -2.16. The topological polar surface area (TPSA) is 51.2 Å². The molecular formula is C14H9BrCl2O3S. The number of benzene rings is 2. The molecule has 0 saturated heterocycles. The number of ketones is 1. The number of hydrogen-bond donors (Lipinski definition) is 0. The van der Waals surface area contributed by atoms with Gasteiger partial charge in [-0.1, -0.05) is 57.3 Å². The standard InChI is InChI=1S/C14H9BrCl2O3S/c15-11-4-2-1-3-10(11)14(18)8-21(19,20)9-5-6-12(16)13(17)7-9/h1-7H,8H2. The van der Waals surface area contributed by atoms with Gasteiger partial charge in [-0.2, -0.15) is 0 Å². The van der Waals surface area contributed by atoms with Gasteiger partial charge in [-0.15, -0.1) is 0 Å². The van der Waals surface area contributed by atoms with Crippen LogP contribution in [0.15, 0.2) is 51.8 Å². The van der Waals surface area contributed by atoms with E-state index in [9.17, 15) is 13.2 Å². The van der Waals surface area contributed by atoms with E-state index in [2.05, 4.69) is 15.9 Å². The summed E-state index contributed by atoms with van der Waals surface area (Å²) in [5.74, 6) is -1.12. The molecule has 7 heteroatoms. The Bertz CT molecular complexity index is 804. The summed E-state index contributed by atoms with van der Waals surface area (Å²) in [7, 11) is -3.78. The first-order valence-corrected chi connectivity index (χ1v) is 8.97. The number of sulfone groups is 1. The molecule has 0 aliphatic carbocycles. The Balaban J connectivity index is 2.31. The maximum Gasteiger partial charge on any atom is 0.185 e. The second kappa shape index (κ2) is 6.48. The molecule has 0 fully saturated rings. The van der Waals surface area contributed by atoms with Crippen LogP contribution >= 0.6 is 39.1 Å². The van der Waals surface area contributed by atoms with Gasteiger partial charge in [-0.25, -0.2) is 8.42 Å². The van der Waals surface area contributed by atoms with Crippen molar-refractivity contribution in [3.63, 3.8) is 0 Å². The zero-order valence-electron chi connectivity index (χ0n) is 10.5. The van der Waals surface area contributed by atoms with Crippen molar-refractivity contribution in [3.05, 3.63) is 62.5 Å². The quantitative estimate of drug-likeness (QED) is 0.705. The van der Waals surface area contributed by atoms with Crippen molar-refractivity contribution in [1.29, 1.82) is 0 Å². The first-order chi connectivity index (χ1) is 9.81. The molecule has 0 unspecified atom stereocenters. The zero-order chi connectivity index (χ0) is 15.6. The second-order valence-electron chi connectivity index (χ2n) is 4.24. The van der Waals surface area contributed by atoms with E-state index in [1.165, 1.54) is 18.2 Å². The summed E-state index contributed by atoms with van der Waals surface area (Å²) < 4.78 is 25.1. The van der Waals surface area contributed by atoms with Gasteiger partial charge in [0.05, 0.1) is 14.9 Å². The Morgan fingerprint density at radius 2 is 1.71 bits per heavy atom. The fraction of sp³-hybridized carbons (Fsp3) is 0.0714. The van der Waals surface area contributed by atoms with Crippen LogP contribution in [0.2, 0.25) is 10.0 Å². The lowest BCUT2D eigenvalue weighted by atomic mass is 10.1. The molecular weight excluding hydrogens is 399 g/mol. The molecule has 0 spiro atoms. The van der Waals surface area contributed by atoms with Gasteiger partial charge in [-0.05, 0) is 24.3 Å². The Labute approximate surface area is 140 Å². The van der Waals surface area contributed by atoms with Gasteiger partial charge in [0.2, 0.25) is 0 Å². The van der Waals surface area contributed by atoms with E-state index in [0.29, 0.717) is 10.0 Å². The molecule has 0 heterocycles. The highest BCUT2D eigenvalue weighted by Gasteiger charge is 2.22. The minimum Gasteiger partial charge on any atom is -0.293 e. The van der Waals surface area contributed by atoms with Crippen molar-refractivity contribution in [3.8, 4) is 0 Å². The third-order valence-electron chi connectivity index (χ3n) is 2.75. The fourth-order valence-electron chi connectivity index (χ4n) is 1.69. The van der Waals surface area contributed by atoms with E-state index in [0.717, 1.165) is 0 Å². The van der Waals surface area contributed by atoms with Crippen LogP contribution in [-0.2, 0) is 9.84 Å². The van der Waals surface area contributed by atoms with Crippen LogP contribution < -0.4 is 0 Å². The molecule has 110 valence electrons. The van der Waals surface area contributed by atoms with Crippen LogP contribution in [0.5, 0.6) is 0 Å². The van der Waals surface area contributed by atoms with Gasteiger partial charge in [0.25, 0.3) is 0 Å².